The molecular formula is C13H24N2O4S. The molecule has 0 aliphatic rings. The van der Waals surface area contributed by atoms with Crippen LogP contribution in [0.4, 0.5) is 4.79 Å². The molecule has 0 spiro atoms. The van der Waals surface area contributed by atoms with Gasteiger partial charge in [-0.25, -0.2) is 4.79 Å². The van der Waals surface area contributed by atoms with Crippen LogP contribution in [-0.4, -0.2) is 40.6 Å². The molecule has 0 saturated carbocycles. The van der Waals surface area contributed by atoms with Crippen LogP contribution in [0.1, 0.15) is 40.5 Å². The van der Waals surface area contributed by atoms with Crippen LogP contribution in [0.3, 0.4) is 0 Å². The van der Waals surface area contributed by atoms with E-state index >= 15 is 0 Å². The van der Waals surface area contributed by atoms with Crippen LogP contribution in [-0.2, 0) is 9.59 Å². The molecular weight excluding hydrogens is 280 g/mol. The lowest BCUT2D eigenvalue weighted by Gasteiger charge is -2.21. The van der Waals surface area contributed by atoms with Crippen LogP contribution in [0.5, 0.6) is 0 Å². The van der Waals surface area contributed by atoms with Gasteiger partial charge in [0.2, 0.25) is 5.91 Å². The maximum Gasteiger partial charge on any atom is 0.321 e. The number of carboxylic acids is 1. The molecule has 0 aliphatic heterocycles. The van der Waals surface area contributed by atoms with E-state index in [1.165, 1.54) is 0 Å². The first kappa shape index (κ1) is 18.8. The summed E-state index contributed by atoms with van der Waals surface area (Å²) in [6.45, 7) is 7.25. The van der Waals surface area contributed by atoms with Gasteiger partial charge in [0.1, 0.15) is 0 Å². The maximum atomic E-state index is 11.7. The fraction of sp³-hybridized carbons (Fsp3) is 0.769. The van der Waals surface area contributed by atoms with Crippen molar-refractivity contribution in [3.63, 3.8) is 0 Å². The van der Waals surface area contributed by atoms with Crippen molar-refractivity contribution < 1.29 is 19.5 Å². The number of hydrogen-bond donors (Lipinski definition) is 3. The summed E-state index contributed by atoms with van der Waals surface area (Å²) >= 11 is 1.70. The first-order chi connectivity index (χ1) is 9.16. The number of rotatable bonds is 8. The minimum absolute atomic E-state index is 0.00912. The predicted molar refractivity (Wildman–Crippen MR) is 79.8 cm³/mol. The monoisotopic (exact) mass is 304 g/mol. The number of imide groups is 1. The molecule has 3 amide bonds. The zero-order valence-corrected chi connectivity index (χ0v) is 13.3. The van der Waals surface area contributed by atoms with Gasteiger partial charge in [0.25, 0.3) is 0 Å². The van der Waals surface area contributed by atoms with E-state index < -0.39 is 23.3 Å². The molecule has 6 nitrogen and oxygen atoms in total. The summed E-state index contributed by atoms with van der Waals surface area (Å²) in [7, 11) is 0. The summed E-state index contributed by atoms with van der Waals surface area (Å²) in [5.74, 6) is 0.319. The van der Waals surface area contributed by atoms with E-state index in [0.29, 0.717) is 0 Å². The van der Waals surface area contributed by atoms with Crippen LogP contribution in [0.15, 0.2) is 0 Å². The second-order valence-electron chi connectivity index (χ2n) is 5.49. The molecule has 20 heavy (non-hydrogen) atoms. The minimum atomic E-state index is -0.961. The maximum absolute atomic E-state index is 11.7. The summed E-state index contributed by atoms with van der Waals surface area (Å²) in [5, 5.41) is 13.6. The first-order valence-electron chi connectivity index (χ1n) is 6.56. The molecule has 1 atom stereocenters. The second-order valence-corrected chi connectivity index (χ2v) is 6.81. The highest BCUT2D eigenvalue weighted by molar-refractivity contribution is 7.99. The summed E-state index contributed by atoms with van der Waals surface area (Å²) in [5.41, 5.74) is -0.681. The third-order valence-corrected chi connectivity index (χ3v) is 3.62. The molecule has 0 radical (unpaired) electrons. The quantitative estimate of drug-likeness (QED) is 0.636. The van der Waals surface area contributed by atoms with Gasteiger partial charge in [-0.05, 0) is 18.1 Å². The number of nitrogens with one attached hydrogen (secondary N) is 2. The summed E-state index contributed by atoms with van der Waals surface area (Å²) < 4.78 is 0. The zero-order valence-electron chi connectivity index (χ0n) is 12.5. The second kappa shape index (κ2) is 8.84. The lowest BCUT2D eigenvalue weighted by atomic mass is 9.85. The SMILES string of the molecule is CCSCC(C)NC(=O)NC(=O)CC(C)(C)CC(=O)O. The molecule has 0 aromatic rings. The fourth-order valence-corrected chi connectivity index (χ4v) is 2.35. The largest absolute Gasteiger partial charge is 0.481 e. The molecule has 0 aromatic carbocycles. The molecule has 116 valence electrons. The highest BCUT2D eigenvalue weighted by atomic mass is 32.2. The van der Waals surface area contributed by atoms with Crippen LogP contribution in [0, 0.1) is 5.41 Å². The highest BCUT2D eigenvalue weighted by Crippen LogP contribution is 2.24. The van der Waals surface area contributed by atoms with Crippen LogP contribution in [0.25, 0.3) is 0 Å². The van der Waals surface area contributed by atoms with Crippen LogP contribution in [0.2, 0.25) is 0 Å². The molecule has 3 N–H and O–H groups in total. The Labute approximate surface area is 124 Å². The van der Waals surface area contributed by atoms with Gasteiger partial charge in [-0.15, -0.1) is 0 Å². The van der Waals surface area contributed by atoms with Gasteiger partial charge in [-0.3, -0.25) is 14.9 Å². The Hall–Kier alpha value is -1.24. The van der Waals surface area contributed by atoms with E-state index in [1.807, 2.05) is 13.8 Å². The number of carbonyl (C=O) groups excluding carboxylic acids is 2. The Morgan fingerprint density at radius 3 is 2.35 bits per heavy atom. The van der Waals surface area contributed by atoms with E-state index in [4.69, 9.17) is 5.11 Å². The highest BCUT2D eigenvalue weighted by Gasteiger charge is 2.26. The molecule has 0 saturated heterocycles. The van der Waals surface area contributed by atoms with E-state index in [-0.39, 0.29) is 18.9 Å². The lowest BCUT2D eigenvalue weighted by molar-refractivity contribution is -0.139. The van der Waals surface area contributed by atoms with Crippen molar-refractivity contribution in [2.75, 3.05) is 11.5 Å². The van der Waals surface area contributed by atoms with Crippen molar-refractivity contribution in [1.82, 2.24) is 10.6 Å². The molecule has 0 heterocycles. The molecule has 0 aliphatic carbocycles. The van der Waals surface area contributed by atoms with Gasteiger partial charge < -0.3 is 10.4 Å². The Kier molecular flexibility index (Phi) is 8.29. The Balaban J connectivity index is 4.13. The van der Waals surface area contributed by atoms with Gasteiger partial charge >= 0.3 is 12.0 Å². The summed E-state index contributed by atoms with van der Waals surface area (Å²) in [6.07, 6.45) is -0.129. The Morgan fingerprint density at radius 2 is 1.85 bits per heavy atom. The topological polar surface area (TPSA) is 95.5 Å². The van der Waals surface area contributed by atoms with Crippen molar-refractivity contribution in [2.24, 2.45) is 5.41 Å². The molecule has 0 bridgehead atoms. The standard InChI is InChI=1S/C13H24N2O4S/c1-5-20-8-9(2)14-12(19)15-10(16)6-13(3,4)7-11(17)18/h9H,5-8H2,1-4H3,(H,17,18)(H2,14,15,16,19). The number of thioether (sulfide) groups is 1. The van der Waals surface area contributed by atoms with E-state index in [2.05, 4.69) is 10.6 Å². The van der Waals surface area contributed by atoms with Crippen molar-refractivity contribution in [1.29, 1.82) is 0 Å². The summed E-state index contributed by atoms with van der Waals surface area (Å²) in [4.78, 5) is 33.9. The van der Waals surface area contributed by atoms with Gasteiger partial charge in [0.05, 0.1) is 6.42 Å². The van der Waals surface area contributed by atoms with E-state index in [9.17, 15) is 14.4 Å². The van der Waals surface area contributed by atoms with Crippen molar-refractivity contribution in [3.05, 3.63) is 0 Å². The van der Waals surface area contributed by atoms with Crippen molar-refractivity contribution >= 4 is 29.7 Å². The number of aliphatic carboxylic acids is 1. The molecule has 7 heteroatoms. The predicted octanol–water partition coefficient (Wildman–Crippen LogP) is 1.84. The lowest BCUT2D eigenvalue weighted by Crippen LogP contribution is -2.45. The number of amides is 3. The number of carboxylic acid groups (broad SMARTS) is 1. The van der Waals surface area contributed by atoms with E-state index in [0.717, 1.165) is 11.5 Å². The summed E-state index contributed by atoms with van der Waals surface area (Å²) in [6, 6.07) is -0.565. The molecule has 0 fully saturated rings. The fourth-order valence-electron chi connectivity index (χ4n) is 1.67. The van der Waals surface area contributed by atoms with Gasteiger partial charge in [0, 0.05) is 18.2 Å². The van der Waals surface area contributed by atoms with E-state index in [1.54, 1.807) is 25.6 Å². The average Bonchev–Trinajstić information content (AvgIpc) is 2.22. The van der Waals surface area contributed by atoms with Gasteiger partial charge in [-0.2, -0.15) is 11.8 Å². The Morgan fingerprint density at radius 1 is 1.25 bits per heavy atom. The first-order valence-corrected chi connectivity index (χ1v) is 7.71. The molecule has 0 rings (SSSR count). The average molecular weight is 304 g/mol. The minimum Gasteiger partial charge on any atom is -0.481 e. The zero-order chi connectivity index (χ0) is 15.8. The van der Waals surface area contributed by atoms with Crippen molar-refractivity contribution in [3.8, 4) is 0 Å². The molecule has 0 aromatic heterocycles. The van der Waals surface area contributed by atoms with Crippen molar-refractivity contribution in [2.45, 2.75) is 46.6 Å². The normalized spacial score (nSPS) is 12.6. The van der Waals surface area contributed by atoms with Gasteiger partial charge in [0.15, 0.2) is 0 Å². The number of carbonyl (C=O) groups is 3. The third kappa shape index (κ3) is 9.66. The van der Waals surface area contributed by atoms with Gasteiger partial charge in [-0.1, -0.05) is 20.8 Å². The molecule has 1 unspecified atom stereocenters. The number of hydrogen-bond acceptors (Lipinski definition) is 4. The number of urea groups is 1. The van der Waals surface area contributed by atoms with Crippen LogP contribution < -0.4 is 10.6 Å². The smallest absolute Gasteiger partial charge is 0.321 e. The third-order valence-electron chi connectivity index (χ3n) is 2.47. The van der Waals surface area contributed by atoms with Crippen LogP contribution >= 0.6 is 11.8 Å². The Bertz CT molecular complexity index is 358.